The van der Waals surface area contributed by atoms with Gasteiger partial charge in [0, 0.05) is 25.5 Å². The van der Waals surface area contributed by atoms with Gasteiger partial charge in [-0.1, -0.05) is 28.9 Å². The molecule has 0 fully saturated rings. The number of amides is 1. The fourth-order valence-corrected chi connectivity index (χ4v) is 3.80. The van der Waals surface area contributed by atoms with Crippen molar-refractivity contribution in [2.45, 2.75) is 24.7 Å². The fraction of sp³-hybridized carbons (Fsp3) is 0.333. The van der Waals surface area contributed by atoms with E-state index in [9.17, 15) is 13.2 Å². The molecule has 0 aliphatic carbocycles. The molecule has 124 valence electrons. The summed E-state index contributed by atoms with van der Waals surface area (Å²) in [6, 6.07) is 7.98. The summed E-state index contributed by atoms with van der Waals surface area (Å²) in [5.74, 6) is 0.0871. The van der Waals surface area contributed by atoms with E-state index in [0.717, 1.165) is 5.69 Å². The number of carbonyl (C=O) groups excluding carboxylic acids is 1. The number of nitrogens with one attached hydrogen (secondary N) is 1. The second-order valence-corrected chi connectivity index (χ2v) is 7.51. The lowest BCUT2D eigenvalue weighted by Gasteiger charge is -2.07. The van der Waals surface area contributed by atoms with E-state index in [1.54, 1.807) is 25.1 Å². The molecule has 0 saturated heterocycles. The minimum absolute atomic E-state index is 0.0486. The highest BCUT2D eigenvalue weighted by molar-refractivity contribution is 7.91. The molecule has 0 radical (unpaired) electrons. The Balaban J connectivity index is 1.81. The molecule has 0 bridgehead atoms. The van der Waals surface area contributed by atoms with Gasteiger partial charge in [-0.05, 0) is 19.1 Å². The normalized spacial score (nSPS) is 11.4. The van der Waals surface area contributed by atoms with Crippen molar-refractivity contribution in [3.8, 4) is 0 Å². The Hall–Kier alpha value is -1.86. The van der Waals surface area contributed by atoms with E-state index >= 15 is 0 Å². The van der Waals surface area contributed by atoms with Crippen molar-refractivity contribution in [1.29, 1.82) is 0 Å². The second kappa shape index (κ2) is 7.61. The lowest BCUT2D eigenvalue weighted by Crippen LogP contribution is -2.27. The van der Waals surface area contributed by atoms with Crippen LogP contribution in [0.2, 0.25) is 5.02 Å². The summed E-state index contributed by atoms with van der Waals surface area (Å²) in [4.78, 5) is 11.8. The average molecular weight is 357 g/mol. The molecule has 6 nitrogen and oxygen atoms in total. The van der Waals surface area contributed by atoms with Gasteiger partial charge in [-0.2, -0.15) is 0 Å². The van der Waals surface area contributed by atoms with Gasteiger partial charge in [0.05, 0.1) is 21.4 Å². The average Bonchev–Trinajstić information content (AvgIpc) is 2.91. The van der Waals surface area contributed by atoms with Crippen LogP contribution in [-0.4, -0.2) is 31.8 Å². The van der Waals surface area contributed by atoms with Gasteiger partial charge in [0.25, 0.3) is 0 Å². The zero-order chi connectivity index (χ0) is 16.9. The van der Waals surface area contributed by atoms with Gasteiger partial charge >= 0.3 is 0 Å². The number of carbonyl (C=O) groups is 1. The number of aromatic nitrogens is 1. The molecule has 0 atom stereocenters. The minimum atomic E-state index is -3.58. The molecule has 0 spiro atoms. The van der Waals surface area contributed by atoms with E-state index < -0.39 is 9.84 Å². The SMILES string of the molecule is Cc1cc(CCNC(=O)CCS(=O)(=O)c2ccccc2Cl)no1. The molecule has 1 heterocycles. The Kier molecular flexibility index (Phi) is 5.79. The van der Waals surface area contributed by atoms with Crippen LogP contribution in [0.25, 0.3) is 0 Å². The van der Waals surface area contributed by atoms with Gasteiger partial charge in [0.2, 0.25) is 5.91 Å². The number of benzene rings is 1. The Morgan fingerprint density at radius 1 is 1.35 bits per heavy atom. The van der Waals surface area contributed by atoms with Gasteiger partial charge in [0.1, 0.15) is 5.76 Å². The highest BCUT2D eigenvalue weighted by Crippen LogP contribution is 2.22. The van der Waals surface area contributed by atoms with Crippen LogP contribution >= 0.6 is 11.6 Å². The third kappa shape index (κ3) is 5.07. The summed E-state index contributed by atoms with van der Waals surface area (Å²) in [7, 11) is -3.58. The lowest BCUT2D eigenvalue weighted by atomic mass is 10.3. The molecule has 0 aliphatic heterocycles. The van der Waals surface area contributed by atoms with Gasteiger partial charge in [-0.15, -0.1) is 0 Å². The van der Waals surface area contributed by atoms with E-state index in [1.807, 2.05) is 0 Å². The monoisotopic (exact) mass is 356 g/mol. The van der Waals surface area contributed by atoms with E-state index in [4.69, 9.17) is 16.1 Å². The maximum atomic E-state index is 12.2. The Bertz CT molecular complexity index is 786. The smallest absolute Gasteiger partial charge is 0.221 e. The number of halogens is 1. The molecule has 0 aliphatic rings. The van der Waals surface area contributed by atoms with Crippen molar-refractivity contribution in [3.05, 3.63) is 46.8 Å². The Morgan fingerprint density at radius 2 is 2.09 bits per heavy atom. The molecule has 2 aromatic rings. The first-order chi connectivity index (χ1) is 10.9. The molecule has 1 aromatic heterocycles. The van der Waals surface area contributed by atoms with Crippen LogP contribution in [0.1, 0.15) is 17.9 Å². The van der Waals surface area contributed by atoms with Crippen LogP contribution in [0.15, 0.2) is 39.8 Å². The Labute approximate surface area is 139 Å². The first-order valence-electron chi connectivity index (χ1n) is 7.04. The standard InChI is InChI=1S/C15H17ClN2O4S/c1-11-10-12(18-22-11)6-8-17-15(19)7-9-23(20,21)14-5-3-2-4-13(14)16/h2-5,10H,6-9H2,1H3,(H,17,19). The van der Waals surface area contributed by atoms with Crippen molar-refractivity contribution in [3.63, 3.8) is 0 Å². The molecule has 1 aromatic carbocycles. The molecular formula is C15H17ClN2O4S. The van der Waals surface area contributed by atoms with Crippen molar-refractivity contribution in [2.75, 3.05) is 12.3 Å². The molecular weight excluding hydrogens is 340 g/mol. The van der Waals surface area contributed by atoms with Gasteiger partial charge in [0.15, 0.2) is 9.84 Å². The first kappa shape index (κ1) is 17.5. The zero-order valence-electron chi connectivity index (χ0n) is 12.6. The van der Waals surface area contributed by atoms with Crippen LogP contribution in [0.3, 0.4) is 0 Å². The highest BCUT2D eigenvalue weighted by Gasteiger charge is 2.19. The fourth-order valence-electron chi connectivity index (χ4n) is 1.99. The molecule has 0 unspecified atom stereocenters. The molecule has 1 N–H and O–H groups in total. The summed E-state index contributed by atoms with van der Waals surface area (Å²) in [5.41, 5.74) is 0.742. The van der Waals surface area contributed by atoms with Gasteiger partial charge in [-0.25, -0.2) is 8.42 Å². The van der Waals surface area contributed by atoms with Crippen molar-refractivity contribution < 1.29 is 17.7 Å². The summed E-state index contributed by atoms with van der Waals surface area (Å²) in [5, 5.41) is 6.63. The summed E-state index contributed by atoms with van der Waals surface area (Å²) in [6.07, 6.45) is 0.408. The quantitative estimate of drug-likeness (QED) is 0.821. The van der Waals surface area contributed by atoms with Crippen LogP contribution in [0, 0.1) is 6.92 Å². The number of hydrogen-bond donors (Lipinski definition) is 1. The number of sulfone groups is 1. The maximum absolute atomic E-state index is 12.2. The topological polar surface area (TPSA) is 89.3 Å². The summed E-state index contributed by atoms with van der Waals surface area (Å²) >= 11 is 5.88. The lowest BCUT2D eigenvalue weighted by molar-refractivity contribution is -0.120. The number of hydrogen-bond acceptors (Lipinski definition) is 5. The third-order valence-electron chi connectivity index (χ3n) is 3.15. The molecule has 8 heteroatoms. The molecule has 23 heavy (non-hydrogen) atoms. The predicted octanol–water partition coefficient (Wildman–Crippen LogP) is 2.16. The third-order valence-corrected chi connectivity index (χ3v) is 5.36. The summed E-state index contributed by atoms with van der Waals surface area (Å²) < 4.78 is 29.3. The van der Waals surface area contributed by atoms with Crippen LogP contribution in [0.5, 0.6) is 0 Å². The van der Waals surface area contributed by atoms with Crippen molar-refractivity contribution in [1.82, 2.24) is 10.5 Å². The van der Waals surface area contributed by atoms with E-state index in [1.165, 1.54) is 12.1 Å². The van der Waals surface area contributed by atoms with E-state index in [-0.39, 0.29) is 28.0 Å². The van der Waals surface area contributed by atoms with Crippen molar-refractivity contribution in [2.24, 2.45) is 0 Å². The summed E-state index contributed by atoms with van der Waals surface area (Å²) in [6.45, 7) is 2.16. The van der Waals surface area contributed by atoms with Gasteiger partial charge < -0.3 is 9.84 Å². The molecule has 0 saturated carbocycles. The van der Waals surface area contributed by atoms with E-state index in [2.05, 4.69) is 10.5 Å². The zero-order valence-corrected chi connectivity index (χ0v) is 14.2. The Morgan fingerprint density at radius 3 is 2.74 bits per heavy atom. The number of aryl methyl sites for hydroxylation is 1. The number of rotatable bonds is 7. The first-order valence-corrected chi connectivity index (χ1v) is 9.08. The van der Waals surface area contributed by atoms with Crippen LogP contribution in [-0.2, 0) is 21.1 Å². The van der Waals surface area contributed by atoms with Gasteiger partial charge in [-0.3, -0.25) is 4.79 Å². The number of nitrogens with zero attached hydrogens (tertiary/aromatic N) is 1. The van der Waals surface area contributed by atoms with Crippen molar-refractivity contribution >= 4 is 27.3 Å². The largest absolute Gasteiger partial charge is 0.361 e. The molecule has 1 amide bonds. The maximum Gasteiger partial charge on any atom is 0.221 e. The van der Waals surface area contributed by atoms with Crippen LogP contribution < -0.4 is 5.32 Å². The predicted molar refractivity (Wildman–Crippen MR) is 86.1 cm³/mol. The highest BCUT2D eigenvalue weighted by atomic mass is 35.5. The second-order valence-electron chi connectivity index (χ2n) is 5.03. The molecule has 2 rings (SSSR count). The minimum Gasteiger partial charge on any atom is -0.361 e. The van der Waals surface area contributed by atoms with E-state index in [0.29, 0.717) is 18.7 Å². The van der Waals surface area contributed by atoms with Crippen LogP contribution in [0.4, 0.5) is 0 Å².